The van der Waals surface area contributed by atoms with E-state index < -0.39 is 16.8 Å². The SMILES string of the molecule is C=C[C@@]1(C)S[C@H]2[C@H](NCCCCC)C(=O)N2C1C(=O)O. The van der Waals surface area contributed by atoms with Crippen LogP contribution in [0.4, 0.5) is 0 Å². The van der Waals surface area contributed by atoms with E-state index in [1.54, 1.807) is 6.08 Å². The molecule has 2 saturated heterocycles. The first-order valence-electron chi connectivity index (χ1n) is 7.06. The zero-order chi connectivity index (χ0) is 14.9. The molecule has 20 heavy (non-hydrogen) atoms. The Bertz CT molecular complexity index is 429. The molecule has 5 nitrogen and oxygen atoms in total. The number of unbranched alkanes of at least 4 members (excludes halogenated alkanes) is 2. The molecule has 2 aliphatic rings. The Balaban J connectivity index is 2.03. The van der Waals surface area contributed by atoms with Gasteiger partial charge in [-0.3, -0.25) is 4.79 Å². The molecule has 0 saturated carbocycles. The van der Waals surface area contributed by atoms with E-state index in [2.05, 4.69) is 18.8 Å². The van der Waals surface area contributed by atoms with Crippen molar-refractivity contribution in [2.24, 2.45) is 0 Å². The molecular weight excluding hydrogens is 276 g/mol. The summed E-state index contributed by atoms with van der Waals surface area (Å²) in [4.78, 5) is 25.1. The van der Waals surface area contributed by atoms with Gasteiger partial charge >= 0.3 is 5.97 Å². The Labute approximate surface area is 123 Å². The molecule has 4 atom stereocenters. The van der Waals surface area contributed by atoms with Gasteiger partial charge in [0.1, 0.15) is 17.5 Å². The van der Waals surface area contributed by atoms with Crippen LogP contribution in [0.5, 0.6) is 0 Å². The zero-order valence-electron chi connectivity index (χ0n) is 12.0. The van der Waals surface area contributed by atoms with Crippen LogP contribution in [0.25, 0.3) is 0 Å². The number of amides is 1. The smallest absolute Gasteiger partial charge is 0.328 e. The third-order valence-corrected chi connectivity index (χ3v) is 5.70. The summed E-state index contributed by atoms with van der Waals surface area (Å²) in [6.45, 7) is 8.51. The number of thioether (sulfide) groups is 1. The van der Waals surface area contributed by atoms with Crippen LogP contribution >= 0.6 is 11.8 Å². The summed E-state index contributed by atoms with van der Waals surface area (Å²) in [6.07, 6.45) is 4.97. The highest BCUT2D eigenvalue weighted by Gasteiger charge is 2.64. The summed E-state index contributed by atoms with van der Waals surface area (Å²) in [7, 11) is 0. The summed E-state index contributed by atoms with van der Waals surface area (Å²) in [6, 6.07) is -1.06. The minimum Gasteiger partial charge on any atom is -0.480 e. The molecule has 2 aliphatic heterocycles. The molecule has 1 unspecified atom stereocenters. The normalized spacial score (nSPS) is 35.6. The van der Waals surface area contributed by atoms with Gasteiger partial charge in [0.2, 0.25) is 5.91 Å². The third kappa shape index (κ3) is 2.35. The first-order valence-corrected chi connectivity index (χ1v) is 7.94. The van der Waals surface area contributed by atoms with Crippen LogP contribution in [-0.2, 0) is 9.59 Å². The second-order valence-corrected chi connectivity index (χ2v) is 7.12. The van der Waals surface area contributed by atoms with Crippen molar-refractivity contribution < 1.29 is 14.7 Å². The second kappa shape index (κ2) is 5.77. The van der Waals surface area contributed by atoms with Gasteiger partial charge in [-0.1, -0.05) is 25.8 Å². The van der Waals surface area contributed by atoms with Gasteiger partial charge < -0.3 is 15.3 Å². The van der Waals surface area contributed by atoms with Crippen molar-refractivity contribution in [3.05, 3.63) is 12.7 Å². The quantitative estimate of drug-likeness (QED) is 0.423. The molecule has 0 bridgehead atoms. The number of carbonyl (C=O) groups excluding carboxylic acids is 1. The minimum absolute atomic E-state index is 0.0896. The fraction of sp³-hybridized carbons (Fsp3) is 0.714. The average molecular weight is 298 g/mol. The summed E-state index contributed by atoms with van der Waals surface area (Å²) < 4.78 is -0.619. The van der Waals surface area contributed by atoms with E-state index in [9.17, 15) is 14.7 Å². The first-order chi connectivity index (χ1) is 9.46. The summed E-state index contributed by atoms with van der Waals surface area (Å²) >= 11 is 1.52. The average Bonchev–Trinajstić information content (AvgIpc) is 2.69. The number of hydrogen-bond acceptors (Lipinski definition) is 4. The Morgan fingerprint density at radius 2 is 2.30 bits per heavy atom. The maximum absolute atomic E-state index is 12.2. The lowest BCUT2D eigenvalue weighted by Gasteiger charge is -2.43. The fourth-order valence-electron chi connectivity index (χ4n) is 2.83. The number of carbonyl (C=O) groups is 2. The molecule has 2 heterocycles. The largest absolute Gasteiger partial charge is 0.480 e. The number of nitrogens with one attached hydrogen (secondary N) is 1. The number of carboxylic acid groups (broad SMARTS) is 1. The number of nitrogens with zero attached hydrogens (tertiary/aromatic N) is 1. The molecule has 0 aromatic carbocycles. The van der Waals surface area contributed by atoms with E-state index in [-0.39, 0.29) is 17.3 Å². The van der Waals surface area contributed by atoms with Crippen molar-refractivity contribution in [2.45, 2.75) is 55.3 Å². The maximum atomic E-state index is 12.2. The van der Waals surface area contributed by atoms with Crippen LogP contribution < -0.4 is 5.32 Å². The van der Waals surface area contributed by atoms with Crippen LogP contribution in [0.15, 0.2) is 12.7 Å². The van der Waals surface area contributed by atoms with Gasteiger partial charge in [-0.2, -0.15) is 0 Å². The molecule has 0 aliphatic carbocycles. The highest BCUT2D eigenvalue weighted by Crippen LogP contribution is 2.51. The van der Waals surface area contributed by atoms with Gasteiger partial charge in [0.15, 0.2) is 0 Å². The Kier molecular flexibility index (Phi) is 4.44. The Morgan fingerprint density at radius 3 is 2.85 bits per heavy atom. The molecule has 1 amide bonds. The van der Waals surface area contributed by atoms with Crippen molar-refractivity contribution in [1.82, 2.24) is 10.2 Å². The molecule has 2 rings (SSSR count). The highest BCUT2D eigenvalue weighted by molar-refractivity contribution is 8.02. The van der Waals surface area contributed by atoms with Gasteiger partial charge in [0.05, 0.1) is 4.75 Å². The Morgan fingerprint density at radius 1 is 1.60 bits per heavy atom. The number of fused-ring (bicyclic) bond motifs is 1. The van der Waals surface area contributed by atoms with Crippen LogP contribution in [0.2, 0.25) is 0 Å². The zero-order valence-corrected chi connectivity index (χ0v) is 12.8. The van der Waals surface area contributed by atoms with Gasteiger partial charge in [0, 0.05) is 0 Å². The van der Waals surface area contributed by atoms with Crippen LogP contribution in [0.1, 0.15) is 33.1 Å². The lowest BCUT2D eigenvalue weighted by Crippen LogP contribution is -2.70. The predicted octanol–water partition coefficient (Wildman–Crippen LogP) is 1.45. The van der Waals surface area contributed by atoms with E-state index >= 15 is 0 Å². The summed E-state index contributed by atoms with van der Waals surface area (Å²) in [5.74, 6) is -1.06. The van der Waals surface area contributed by atoms with Crippen LogP contribution in [-0.4, -0.2) is 50.6 Å². The predicted molar refractivity (Wildman–Crippen MR) is 79.6 cm³/mol. The summed E-state index contributed by atoms with van der Waals surface area (Å²) in [5, 5.41) is 12.5. The van der Waals surface area contributed by atoms with Crippen molar-refractivity contribution in [3.63, 3.8) is 0 Å². The van der Waals surface area contributed by atoms with Gasteiger partial charge in [-0.05, 0) is 19.9 Å². The number of aliphatic carboxylic acids is 1. The van der Waals surface area contributed by atoms with E-state index in [1.807, 2.05) is 6.92 Å². The van der Waals surface area contributed by atoms with Crippen molar-refractivity contribution >= 4 is 23.6 Å². The standard InChI is InChI=1S/C14H22N2O3S/c1-4-6-7-8-15-9-11(17)16-10(13(18)19)14(3,5-2)20-12(9)16/h5,9-10,12,15H,2,4,6-8H2,1,3H3,(H,18,19)/t9-,10?,12+,14-/m1/s1. The summed E-state index contributed by atoms with van der Waals surface area (Å²) in [5.41, 5.74) is 0. The van der Waals surface area contributed by atoms with Crippen LogP contribution in [0.3, 0.4) is 0 Å². The third-order valence-electron chi connectivity index (χ3n) is 4.06. The molecule has 0 spiro atoms. The molecule has 0 radical (unpaired) electrons. The molecular formula is C14H22N2O3S. The van der Waals surface area contributed by atoms with Gasteiger partial charge in [0.25, 0.3) is 0 Å². The Hall–Kier alpha value is -1.01. The number of hydrogen-bond donors (Lipinski definition) is 2. The number of β-lactam (4-membered cyclic amide) rings is 1. The number of carboxylic acids is 1. The maximum Gasteiger partial charge on any atom is 0.328 e. The van der Waals surface area contributed by atoms with Gasteiger partial charge in [-0.15, -0.1) is 18.3 Å². The second-order valence-electron chi connectivity index (χ2n) is 5.52. The van der Waals surface area contributed by atoms with E-state index in [1.165, 1.54) is 16.7 Å². The lowest BCUT2D eigenvalue weighted by atomic mass is 9.94. The lowest BCUT2D eigenvalue weighted by molar-refractivity contribution is -0.159. The van der Waals surface area contributed by atoms with E-state index in [4.69, 9.17) is 0 Å². The van der Waals surface area contributed by atoms with E-state index in [0.717, 1.165) is 25.8 Å². The highest BCUT2D eigenvalue weighted by atomic mass is 32.2. The molecule has 0 aromatic heterocycles. The van der Waals surface area contributed by atoms with Crippen molar-refractivity contribution in [3.8, 4) is 0 Å². The van der Waals surface area contributed by atoms with E-state index in [0.29, 0.717) is 0 Å². The molecule has 112 valence electrons. The monoisotopic (exact) mass is 298 g/mol. The topological polar surface area (TPSA) is 69.6 Å². The minimum atomic E-state index is -0.958. The molecule has 0 aromatic rings. The van der Waals surface area contributed by atoms with Crippen molar-refractivity contribution in [1.29, 1.82) is 0 Å². The number of rotatable bonds is 7. The van der Waals surface area contributed by atoms with Crippen molar-refractivity contribution in [2.75, 3.05) is 6.54 Å². The molecule has 2 fully saturated rings. The van der Waals surface area contributed by atoms with Gasteiger partial charge in [-0.25, -0.2) is 4.79 Å². The first kappa shape index (κ1) is 15.4. The molecule has 6 heteroatoms. The molecule has 2 N–H and O–H groups in total. The van der Waals surface area contributed by atoms with Crippen LogP contribution in [0, 0.1) is 0 Å². The fourth-order valence-corrected chi connectivity index (χ4v) is 4.48.